The molecule has 1 atom stereocenters. The van der Waals surface area contributed by atoms with Gasteiger partial charge in [-0.1, -0.05) is 47.7 Å². The van der Waals surface area contributed by atoms with Crippen LogP contribution in [0.5, 0.6) is 0 Å². The van der Waals surface area contributed by atoms with Crippen LogP contribution in [0.15, 0.2) is 10.6 Å². The predicted octanol–water partition coefficient (Wildman–Crippen LogP) is 3.02. The van der Waals surface area contributed by atoms with E-state index in [4.69, 9.17) is 15.3 Å². The van der Waals surface area contributed by atoms with Crippen molar-refractivity contribution < 1.29 is 15.4 Å². The fourth-order valence-corrected chi connectivity index (χ4v) is 1.98. The van der Waals surface area contributed by atoms with Crippen LogP contribution in [0.25, 0.3) is 0 Å². The van der Waals surface area contributed by atoms with E-state index in [2.05, 4.69) is 22.0 Å². The van der Waals surface area contributed by atoms with E-state index in [-0.39, 0.29) is 6.10 Å². The molecule has 0 aromatic heterocycles. The molecule has 0 amide bonds. The Balaban J connectivity index is 0.000000487. The van der Waals surface area contributed by atoms with E-state index in [1.165, 1.54) is 25.7 Å². The molecule has 0 heterocycles. The number of nitrogens with zero attached hydrogens (tertiary/aromatic N) is 1. The molecule has 0 aliphatic heterocycles. The number of rotatable bonds is 0. The third kappa shape index (κ3) is 9.92. The van der Waals surface area contributed by atoms with E-state index in [0.717, 1.165) is 23.7 Å². The van der Waals surface area contributed by atoms with Crippen LogP contribution in [0.3, 0.4) is 0 Å². The highest BCUT2D eigenvalue weighted by atomic mass is 79.9. The molecule has 0 saturated heterocycles. The Kier molecular flexibility index (Phi) is 9.22. The molecule has 0 fully saturated rings. The first-order valence-electron chi connectivity index (χ1n) is 5.41. The van der Waals surface area contributed by atoms with Crippen molar-refractivity contribution in [3.63, 3.8) is 0 Å². The number of aliphatic hydroxyl groups excluding tert-OH is 1. The monoisotopic (exact) mass is 295 g/mol. The first-order valence-corrected chi connectivity index (χ1v) is 6.20. The second-order valence-corrected chi connectivity index (χ2v) is 4.60. The maximum atomic E-state index is 9.58. The van der Waals surface area contributed by atoms with Crippen LogP contribution in [-0.4, -0.2) is 21.5 Å². The van der Waals surface area contributed by atoms with Crippen LogP contribution >= 0.6 is 15.9 Å². The molecule has 6 heteroatoms. The topological polar surface area (TPSA) is 83.6 Å². The molecular weight excluding hydrogens is 278 g/mol. The Morgan fingerprint density at radius 3 is 2.44 bits per heavy atom. The SMILES string of the molecule is O=[N+]([O-])O.OC1CCCCCCCC=C1Br. The average Bonchev–Trinajstić information content (AvgIpc) is 2.20. The van der Waals surface area contributed by atoms with Gasteiger partial charge in [-0.2, -0.15) is 0 Å². The lowest BCUT2D eigenvalue weighted by molar-refractivity contribution is -0.742. The lowest BCUT2D eigenvalue weighted by atomic mass is 10.0. The number of hydrogen-bond donors (Lipinski definition) is 2. The Labute approximate surface area is 103 Å². The second-order valence-electron chi connectivity index (χ2n) is 3.69. The van der Waals surface area contributed by atoms with E-state index < -0.39 is 5.09 Å². The number of allylic oxidation sites excluding steroid dienone is 1. The highest BCUT2D eigenvalue weighted by Crippen LogP contribution is 2.20. The number of hydrogen-bond acceptors (Lipinski definition) is 3. The summed E-state index contributed by atoms with van der Waals surface area (Å²) in [5.41, 5.74) is 0. The summed E-state index contributed by atoms with van der Waals surface area (Å²) >= 11 is 3.41. The quantitative estimate of drug-likeness (QED) is 0.531. The largest absolute Gasteiger partial charge is 0.388 e. The molecule has 1 unspecified atom stereocenters. The molecule has 2 N–H and O–H groups in total. The zero-order chi connectivity index (χ0) is 12.4. The van der Waals surface area contributed by atoms with Gasteiger partial charge in [-0.3, -0.25) is 0 Å². The molecular formula is C10H18BrNO4. The van der Waals surface area contributed by atoms with Crippen molar-refractivity contribution in [1.29, 1.82) is 0 Å². The predicted molar refractivity (Wildman–Crippen MR) is 64.1 cm³/mol. The van der Waals surface area contributed by atoms with Crippen molar-refractivity contribution in [3.8, 4) is 0 Å². The lowest BCUT2D eigenvalue weighted by Crippen LogP contribution is -2.06. The Morgan fingerprint density at radius 1 is 1.31 bits per heavy atom. The fraction of sp³-hybridized carbons (Fsp3) is 0.800. The van der Waals surface area contributed by atoms with E-state index in [9.17, 15) is 5.11 Å². The summed E-state index contributed by atoms with van der Waals surface area (Å²) in [5, 5.41) is 23.2. The van der Waals surface area contributed by atoms with Gasteiger partial charge < -0.3 is 10.3 Å². The van der Waals surface area contributed by atoms with Gasteiger partial charge >= 0.3 is 0 Å². The molecule has 0 radical (unpaired) electrons. The molecule has 0 saturated carbocycles. The van der Waals surface area contributed by atoms with Crippen molar-refractivity contribution in [1.82, 2.24) is 0 Å². The molecule has 1 aliphatic rings. The summed E-state index contributed by atoms with van der Waals surface area (Å²) in [6.45, 7) is 0. The maximum Gasteiger partial charge on any atom is 0.291 e. The zero-order valence-electron chi connectivity index (χ0n) is 9.14. The van der Waals surface area contributed by atoms with Gasteiger partial charge in [0, 0.05) is 4.48 Å². The van der Waals surface area contributed by atoms with Crippen LogP contribution in [0.4, 0.5) is 0 Å². The van der Waals surface area contributed by atoms with E-state index in [0.29, 0.717) is 0 Å². The summed E-state index contributed by atoms with van der Waals surface area (Å²) in [6.07, 6.45) is 10.3. The third-order valence-corrected chi connectivity index (χ3v) is 3.19. The molecule has 5 nitrogen and oxygen atoms in total. The fourth-order valence-electron chi connectivity index (χ4n) is 1.53. The minimum atomic E-state index is -1.50. The highest BCUT2D eigenvalue weighted by molar-refractivity contribution is 9.11. The third-order valence-electron chi connectivity index (χ3n) is 2.34. The van der Waals surface area contributed by atoms with Crippen molar-refractivity contribution >= 4 is 15.9 Å². The highest BCUT2D eigenvalue weighted by Gasteiger charge is 2.08. The summed E-state index contributed by atoms with van der Waals surface area (Å²) < 4.78 is 0.990. The maximum absolute atomic E-state index is 9.58. The van der Waals surface area contributed by atoms with Crippen LogP contribution in [0.1, 0.15) is 44.9 Å². The van der Waals surface area contributed by atoms with Gasteiger partial charge in [0.1, 0.15) is 0 Å². The molecule has 1 rings (SSSR count). The average molecular weight is 296 g/mol. The smallest absolute Gasteiger partial charge is 0.291 e. The molecule has 0 aromatic carbocycles. The normalized spacial score (nSPS) is 22.4. The summed E-state index contributed by atoms with van der Waals surface area (Å²) in [7, 11) is 0. The molecule has 0 spiro atoms. The molecule has 0 aromatic rings. The van der Waals surface area contributed by atoms with Crippen LogP contribution in [0.2, 0.25) is 0 Å². The van der Waals surface area contributed by atoms with Gasteiger partial charge in [-0.25, -0.2) is 0 Å². The lowest BCUT2D eigenvalue weighted by Gasteiger charge is -2.11. The summed E-state index contributed by atoms with van der Waals surface area (Å²) in [4.78, 5) is 8.36. The zero-order valence-corrected chi connectivity index (χ0v) is 10.7. The van der Waals surface area contributed by atoms with Gasteiger partial charge in [0.25, 0.3) is 5.09 Å². The molecule has 16 heavy (non-hydrogen) atoms. The number of aliphatic hydroxyl groups is 1. The molecule has 1 aliphatic carbocycles. The second kappa shape index (κ2) is 9.59. The number of halogens is 1. The summed E-state index contributed by atoms with van der Waals surface area (Å²) in [5.74, 6) is 0. The minimum Gasteiger partial charge on any atom is -0.388 e. The van der Waals surface area contributed by atoms with Gasteiger partial charge in [0.15, 0.2) is 0 Å². The van der Waals surface area contributed by atoms with Crippen molar-refractivity contribution in [3.05, 3.63) is 20.7 Å². The van der Waals surface area contributed by atoms with Crippen molar-refractivity contribution in [2.75, 3.05) is 0 Å². The van der Waals surface area contributed by atoms with Crippen LogP contribution < -0.4 is 0 Å². The Hall–Kier alpha value is -0.620. The minimum absolute atomic E-state index is 0.247. The van der Waals surface area contributed by atoms with Gasteiger partial charge in [-0.05, 0) is 19.3 Å². The van der Waals surface area contributed by atoms with E-state index >= 15 is 0 Å². The van der Waals surface area contributed by atoms with Crippen molar-refractivity contribution in [2.24, 2.45) is 0 Å². The Bertz CT molecular complexity index is 229. The van der Waals surface area contributed by atoms with E-state index in [1.54, 1.807) is 0 Å². The van der Waals surface area contributed by atoms with Crippen LogP contribution in [0, 0.1) is 10.1 Å². The Morgan fingerprint density at radius 2 is 1.81 bits per heavy atom. The van der Waals surface area contributed by atoms with Crippen LogP contribution in [-0.2, 0) is 0 Å². The first-order chi connectivity index (χ1) is 7.54. The summed E-state index contributed by atoms with van der Waals surface area (Å²) in [6, 6.07) is 0. The first kappa shape index (κ1) is 15.4. The standard InChI is InChI=1S/C10H17BrO.HNO3/c11-9-7-5-3-1-2-4-6-8-10(9)12;2-1(3)4/h7,10,12H,1-6,8H2;(H,2,3,4). The van der Waals surface area contributed by atoms with Crippen molar-refractivity contribution in [2.45, 2.75) is 51.0 Å². The van der Waals surface area contributed by atoms with Gasteiger partial charge in [0.2, 0.25) is 0 Å². The molecule has 94 valence electrons. The van der Waals surface area contributed by atoms with E-state index in [1.807, 2.05) is 0 Å². The van der Waals surface area contributed by atoms with Gasteiger partial charge in [-0.15, -0.1) is 10.1 Å². The molecule has 0 bridgehead atoms. The van der Waals surface area contributed by atoms with Gasteiger partial charge in [0.05, 0.1) is 6.10 Å².